The van der Waals surface area contributed by atoms with Crippen LogP contribution >= 0.6 is 11.3 Å². The van der Waals surface area contributed by atoms with Gasteiger partial charge in [0.05, 0.1) is 16.3 Å². The molecular weight excluding hydrogens is 349 g/mol. The molecule has 1 amide bonds. The molecule has 0 fully saturated rings. The molecule has 0 radical (unpaired) electrons. The standard InChI is InChI=1S/C18H13F3N2OS/c1-11-22-16(10-25-11)12-4-3-7-15(9-12)23-17(24)13-5-2-6-14(8-13)18(19,20)21/h2-10H,1H3,(H,23,24). The number of aryl methyl sites for hydroxylation is 1. The third kappa shape index (κ3) is 4.06. The van der Waals surface area contributed by atoms with Gasteiger partial charge in [0.15, 0.2) is 0 Å². The fourth-order valence-electron chi connectivity index (χ4n) is 2.29. The molecule has 3 rings (SSSR count). The summed E-state index contributed by atoms with van der Waals surface area (Å²) in [5.74, 6) is -0.599. The second-order valence-corrected chi connectivity index (χ2v) is 6.43. The quantitative estimate of drug-likeness (QED) is 0.679. The molecule has 0 atom stereocenters. The van der Waals surface area contributed by atoms with E-state index in [1.807, 2.05) is 18.4 Å². The van der Waals surface area contributed by atoms with Crippen LogP contribution in [0.1, 0.15) is 20.9 Å². The molecule has 0 aliphatic carbocycles. The molecule has 0 aliphatic rings. The number of rotatable bonds is 3. The van der Waals surface area contributed by atoms with Gasteiger partial charge in [-0.15, -0.1) is 11.3 Å². The monoisotopic (exact) mass is 362 g/mol. The Kier molecular flexibility index (Phi) is 4.59. The van der Waals surface area contributed by atoms with Crippen LogP contribution in [0.25, 0.3) is 11.3 Å². The predicted molar refractivity (Wildman–Crippen MR) is 91.7 cm³/mol. The van der Waals surface area contributed by atoms with E-state index in [1.54, 1.807) is 18.2 Å². The Labute approximate surface area is 146 Å². The van der Waals surface area contributed by atoms with Crippen molar-refractivity contribution >= 4 is 22.9 Å². The van der Waals surface area contributed by atoms with Crippen LogP contribution in [0, 0.1) is 6.92 Å². The van der Waals surface area contributed by atoms with E-state index in [-0.39, 0.29) is 5.56 Å². The first-order valence-corrected chi connectivity index (χ1v) is 8.22. The Morgan fingerprint density at radius 1 is 1.12 bits per heavy atom. The molecule has 128 valence electrons. The number of halogens is 3. The Hall–Kier alpha value is -2.67. The molecule has 2 aromatic carbocycles. The van der Waals surface area contributed by atoms with E-state index in [0.717, 1.165) is 28.4 Å². The number of amides is 1. The summed E-state index contributed by atoms with van der Waals surface area (Å²) < 4.78 is 38.3. The van der Waals surface area contributed by atoms with Crippen LogP contribution in [0.2, 0.25) is 0 Å². The highest BCUT2D eigenvalue weighted by atomic mass is 32.1. The topological polar surface area (TPSA) is 42.0 Å². The molecule has 0 saturated carbocycles. The molecule has 1 N–H and O–H groups in total. The lowest BCUT2D eigenvalue weighted by atomic mass is 10.1. The van der Waals surface area contributed by atoms with E-state index in [2.05, 4.69) is 10.3 Å². The maximum Gasteiger partial charge on any atom is 0.416 e. The smallest absolute Gasteiger partial charge is 0.322 e. The Bertz CT molecular complexity index is 918. The van der Waals surface area contributed by atoms with Crippen molar-refractivity contribution < 1.29 is 18.0 Å². The van der Waals surface area contributed by atoms with Crippen molar-refractivity contribution in [3.8, 4) is 11.3 Å². The third-order valence-corrected chi connectivity index (χ3v) is 4.26. The number of anilines is 1. The van der Waals surface area contributed by atoms with E-state index in [9.17, 15) is 18.0 Å². The number of carbonyl (C=O) groups excluding carboxylic acids is 1. The van der Waals surface area contributed by atoms with Gasteiger partial charge in [-0.1, -0.05) is 18.2 Å². The van der Waals surface area contributed by atoms with E-state index in [1.165, 1.54) is 23.5 Å². The Morgan fingerprint density at radius 3 is 2.56 bits per heavy atom. The van der Waals surface area contributed by atoms with Crippen molar-refractivity contribution in [3.63, 3.8) is 0 Å². The lowest BCUT2D eigenvalue weighted by Crippen LogP contribution is -2.13. The predicted octanol–water partition coefficient (Wildman–Crippen LogP) is 5.39. The average Bonchev–Trinajstić information content (AvgIpc) is 3.01. The first-order valence-electron chi connectivity index (χ1n) is 7.34. The van der Waals surface area contributed by atoms with Crippen LogP contribution in [0.15, 0.2) is 53.9 Å². The number of hydrogen-bond acceptors (Lipinski definition) is 3. The van der Waals surface area contributed by atoms with Crippen LogP contribution in [-0.4, -0.2) is 10.9 Å². The van der Waals surface area contributed by atoms with Crippen molar-refractivity contribution in [1.29, 1.82) is 0 Å². The summed E-state index contributed by atoms with van der Waals surface area (Å²) in [6, 6.07) is 11.4. The number of carbonyl (C=O) groups is 1. The molecule has 7 heteroatoms. The van der Waals surface area contributed by atoms with E-state index >= 15 is 0 Å². The number of nitrogens with one attached hydrogen (secondary N) is 1. The maximum absolute atomic E-state index is 12.8. The van der Waals surface area contributed by atoms with Crippen LogP contribution in [0.4, 0.5) is 18.9 Å². The van der Waals surface area contributed by atoms with Crippen molar-refractivity contribution in [2.24, 2.45) is 0 Å². The zero-order valence-electron chi connectivity index (χ0n) is 13.1. The summed E-state index contributed by atoms with van der Waals surface area (Å²) in [6.07, 6.45) is -4.49. The number of benzene rings is 2. The summed E-state index contributed by atoms with van der Waals surface area (Å²) >= 11 is 1.51. The summed E-state index contributed by atoms with van der Waals surface area (Å²) in [6.45, 7) is 1.90. The molecule has 3 nitrogen and oxygen atoms in total. The SMILES string of the molecule is Cc1nc(-c2cccc(NC(=O)c3cccc(C(F)(F)F)c3)c2)cs1. The highest BCUT2D eigenvalue weighted by Gasteiger charge is 2.30. The van der Waals surface area contributed by atoms with Gasteiger partial charge in [-0.25, -0.2) is 4.98 Å². The molecule has 0 saturated heterocycles. The normalized spacial score (nSPS) is 11.4. The van der Waals surface area contributed by atoms with Gasteiger partial charge in [0, 0.05) is 22.2 Å². The van der Waals surface area contributed by atoms with Gasteiger partial charge in [0.25, 0.3) is 5.91 Å². The lowest BCUT2D eigenvalue weighted by molar-refractivity contribution is -0.137. The minimum absolute atomic E-state index is 0.0512. The second kappa shape index (κ2) is 6.68. The molecule has 0 spiro atoms. The molecule has 1 aromatic heterocycles. The first-order chi connectivity index (χ1) is 11.8. The van der Waals surface area contributed by atoms with Crippen LogP contribution in [-0.2, 0) is 6.18 Å². The highest BCUT2D eigenvalue weighted by molar-refractivity contribution is 7.09. The molecule has 3 aromatic rings. The van der Waals surface area contributed by atoms with Gasteiger partial charge in [0.1, 0.15) is 0 Å². The van der Waals surface area contributed by atoms with Gasteiger partial charge in [0.2, 0.25) is 0 Å². The molecule has 1 heterocycles. The summed E-state index contributed by atoms with van der Waals surface area (Å²) in [5.41, 5.74) is 1.20. The van der Waals surface area contributed by atoms with Gasteiger partial charge in [-0.3, -0.25) is 4.79 Å². The Morgan fingerprint density at radius 2 is 1.88 bits per heavy atom. The fraction of sp³-hybridized carbons (Fsp3) is 0.111. The largest absolute Gasteiger partial charge is 0.416 e. The number of alkyl halides is 3. The van der Waals surface area contributed by atoms with Crippen molar-refractivity contribution in [2.75, 3.05) is 5.32 Å². The average molecular weight is 362 g/mol. The number of hydrogen-bond donors (Lipinski definition) is 1. The molecule has 0 bridgehead atoms. The van der Waals surface area contributed by atoms with Crippen LogP contribution < -0.4 is 5.32 Å². The van der Waals surface area contributed by atoms with E-state index in [0.29, 0.717) is 5.69 Å². The van der Waals surface area contributed by atoms with Gasteiger partial charge in [-0.2, -0.15) is 13.2 Å². The van der Waals surface area contributed by atoms with Crippen LogP contribution in [0.5, 0.6) is 0 Å². The van der Waals surface area contributed by atoms with Gasteiger partial charge < -0.3 is 5.32 Å². The highest BCUT2D eigenvalue weighted by Crippen LogP contribution is 2.30. The molecule has 0 aliphatic heterocycles. The first kappa shape index (κ1) is 17.2. The van der Waals surface area contributed by atoms with E-state index in [4.69, 9.17) is 0 Å². The van der Waals surface area contributed by atoms with Gasteiger partial charge in [-0.05, 0) is 37.3 Å². The van der Waals surface area contributed by atoms with Crippen molar-refractivity contribution in [1.82, 2.24) is 4.98 Å². The van der Waals surface area contributed by atoms with Crippen molar-refractivity contribution in [3.05, 3.63) is 70.0 Å². The summed E-state index contributed by atoms with van der Waals surface area (Å²) in [7, 11) is 0. The van der Waals surface area contributed by atoms with Crippen LogP contribution in [0.3, 0.4) is 0 Å². The Balaban J connectivity index is 1.82. The van der Waals surface area contributed by atoms with Gasteiger partial charge >= 0.3 is 6.18 Å². The molecule has 0 unspecified atom stereocenters. The number of thiazole rings is 1. The maximum atomic E-state index is 12.8. The fourth-order valence-corrected chi connectivity index (χ4v) is 2.91. The summed E-state index contributed by atoms with van der Waals surface area (Å²) in [5, 5.41) is 5.45. The third-order valence-electron chi connectivity index (χ3n) is 3.49. The lowest BCUT2D eigenvalue weighted by Gasteiger charge is -2.10. The number of nitrogens with zero attached hydrogens (tertiary/aromatic N) is 1. The molecular formula is C18H13F3N2OS. The summed E-state index contributed by atoms with van der Waals surface area (Å²) in [4.78, 5) is 16.6. The minimum Gasteiger partial charge on any atom is -0.322 e. The second-order valence-electron chi connectivity index (χ2n) is 5.37. The number of aromatic nitrogens is 1. The molecule has 25 heavy (non-hydrogen) atoms. The zero-order chi connectivity index (χ0) is 18.0. The minimum atomic E-state index is -4.49. The zero-order valence-corrected chi connectivity index (χ0v) is 13.9. The van der Waals surface area contributed by atoms with E-state index < -0.39 is 17.6 Å². The van der Waals surface area contributed by atoms with Crippen molar-refractivity contribution in [2.45, 2.75) is 13.1 Å².